The summed E-state index contributed by atoms with van der Waals surface area (Å²) in [6.07, 6.45) is 2.44. The lowest BCUT2D eigenvalue weighted by atomic mass is 10.1. The van der Waals surface area contributed by atoms with Crippen molar-refractivity contribution in [1.29, 1.82) is 0 Å². The van der Waals surface area contributed by atoms with E-state index in [1.54, 1.807) is 17.5 Å². The first kappa shape index (κ1) is 21.7. The number of pyridine rings is 1. The summed E-state index contributed by atoms with van der Waals surface area (Å²) in [6.45, 7) is 3.86. The summed E-state index contributed by atoms with van der Waals surface area (Å²) in [4.78, 5) is 18.6. The molecule has 8 nitrogen and oxygen atoms in total. The van der Waals surface area contributed by atoms with Crippen LogP contribution in [-0.2, 0) is 0 Å². The number of aliphatic hydroxyl groups is 2. The van der Waals surface area contributed by atoms with Crippen LogP contribution in [-0.4, -0.2) is 48.9 Å². The van der Waals surface area contributed by atoms with Gasteiger partial charge in [0.2, 0.25) is 5.95 Å². The van der Waals surface area contributed by atoms with Gasteiger partial charge in [-0.3, -0.25) is 4.98 Å². The molecule has 3 atom stereocenters. The highest BCUT2D eigenvalue weighted by Crippen LogP contribution is 2.38. The van der Waals surface area contributed by atoms with Crippen LogP contribution in [0.2, 0.25) is 0 Å². The number of nitrogens with one attached hydrogen (secondary N) is 2. The Kier molecular flexibility index (Phi) is 5.92. The number of para-hydroxylation sites is 1. The molecule has 0 bridgehead atoms. The number of fused-ring (bicyclic) bond motifs is 1. The molecule has 9 heteroatoms. The van der Waals surface area contributed by atoms with Crippen LogP contribution < -0.4 is 10.6 Å². The zero-order chi connectivity index (χ0) is 22.9. The number of benzene rings is 1. The molecule has 0 radical (unpaired) electrons. The third-order valence-corrected chi connectivity index (χ3v) is 7.04. The molecular formula is C24H26N6O2S. The Morgan fingerprint density at radius 2 is 1.94 bits per heavy atom. The fraction of sp³-hybridized carbons (Fsp3) is 0.333. The van der Waals surface area contributed by atoms with E-state index in [1.807, 2.05) is 44.2 Å². The van der Waals surface area contributed by atoms with E-state index in [9.17, 15) is 10.2 Å². The van der Waals surface area contributed by atoms with E-state index >= 15 is 0 Å². The van der Waals surface area contributed by atoms with Crippen molar-refractivity contribution in [2.75, 3.05) is 17.2 Å². The van der Waals surface area contributed by atoms with Crippen molar-refractivity contribution >= 4 is 39.0 Å². The van der Waals surface area contributed by atoms with Gasteiger partial charge in [-0.2, -0.15) is 4.98 Å². The normalized spacial score (nSPS) is 20.3. The predicted molar refractivity (Wildman–Crippen MR) is 131 cm³/mol. The molecule has 0 saturated heterocycles. The van der Waals surface area contributed by atoms with Gasteiger partial charge in [0, 0.05) is 36.1 Å². The lowest BCUT2D eigenvalue weighted by Crippen LogP contribution is -2.19. The zero-order valence-electron chi connectivity index (χ0n) is 18.5. The second kappa shape index (κ2) is 9.01. The minimum absolute atomic E-state index is 0.00408. The zero-order valence-corrected chi connectivity index (χ0v) is 19.3. The maximum atomic E-state index is 10.3. The van der Waals surface area contributed by atoms with Gasteiger partial charge in [-0.05, 0) is 51.0 Å². The van der Waals surface area contributed by atoms with E-state index in [4.69, 9.17) is 15.0 Å². The van der Waals surface area contributed by atoms with Crippen LogP contribution in [0.5, 0.6) is 0 Å². The van der Waals surface area contributed by atoms with Crippen molar-refractivity contribution < 1.29 is 10.2 Å². The second-order valence-corrected chi connectivity index (χ2v) is 9.51. The number of hydrogen-bond donors (Lipinski definition) is 4. The van der Waals surface area contributed by atoms with E-state index < -0.39 is 6.10 Å². The summed E-state index contributed by atoms with van der Waals surface area (Å²) in [5.41, 5.74) is 4.36. The van der Waals surface area contributed by atoms with Gasteiger partial charge in [0.1, 0.15) is 10.8 Å². The maximum Gasteiger partial charge on any atom is 0.229 e. The van der Waals surface area contributed by atoms with Crippen molar-refractivity contribution in [2.24, 2.45) is 5.92 Å². The van der Waals surface area contributed by atoms with E-state index in [0.29, 0.717) is 24.6 Å². The third kappa shape index (κ3) is 4.52. The lowest BCUT2D eigenvalue weighted by Gasteiger charge is -2.18. The Morgan fingerprint density at radius 1 is 1.09 bits per heavy atom. The average Bonchev–Trinajstić information content (AvgIpc) is 3.36. The van der Waals surface area contributed by atoms with Crippen LogP contribution >= 0.6 is 11.3 Å². The minimum Gasteiger partial charge on any atom is -0.396 e. The number of rotatable bonds is 6. The van der Waals surface area contributed by atoms with Gasteiger partial charge in [0.25, 0.3) is 0 Å². The highest BCUT2D eigenvalue weighted by atomic mass is 32.1. The molecule has 1 aromatic carbocycles. The van der Waals surface area contributed by atoms with Gasteiger partial charge in [0.15, 0.2) is 0 Å². The lowest BCUT2D eigenvalue weighted by molar-refractivity contribution is 0.0908. The second-order valence-electron chi connectivity index (χ2n) is 8.48. The number of aryl methyl sites for hydroxylation is 2. The Bertz CT molecular complexity index is 1260. The van der Waals surface area contributed by atoms with Crippen molar-refractivity contribution in [3.8, 4) is 10.6 Å². The molecule has 0 amide bonds. The molecule has 4 aromatic rings. The Hall–Kier alpha value is -3.14. The fourth-order valence-electron chi connectivity index (χ4n) is 4.33. The SMILES string of the molecule is Cc1cc(Nc2nc(C)c(-c3nc4ccccc4s3)c(NC3CC(O)C(CO)C3)n2)ccn1. The van der Waals surface area contributed by atoms with Crippen molar-refractivity contribution in [1.82, 2.24) is 19.9 Å². The molecular weight excluding hydrogens is 436 g/mol. The van der Waals surface area contributed by atoms with Crippen LogP contribution in [0.1, 0.15) is 24.2 Å². The number of anilines is 3. The van der Waals surface area contributed by atoms with Crippen molar-refractivity contribution in [2.45, 2.75) is 38.8 Å². The number of aromatic nitrogens is 4. The third-order valence-electron chi connectivity index (χ3n) is 5.98. The minimum atomic E-state index is -0.529. The molecule has 3 heterocycles. The van der Waals surface area contributed by atoms with Gasteiger partial charge in [-0.25, -0.2) is 9.97 Å². The molecule has 170 valence electrons. The first-order chi connectivity index (χ1) is 16.0. The monoisotopic (exact) mass is 462 g/mol. The standard InChI is InChI=1S/C24H26N6O2S/c1-13-9-16(7-8-25-13)28-24-26-14(2)21(23-29-18-5-3-4-6-20(18)33-23)22(30-24)27-17-10-15(12-31)19(32)11-17/h3-9,15,17,19,31-32H,10-12H2,1-2H3,(H2,25,26,27,28,30). The predicted octanol–water partition coefficient (Wildman–Crippen LogP) is 4.05. The number of aliphatic hydroxyl groups excluding tert-OH is 2. The molecule has 1 aliphatic carbocycles. The number of hydrogen-bond acceptors (Lipinski definition) is 9. The van der Waals surface area contributed by atoms with Crippen molar-refractivity contribution in [3.63, 3.8) is 0 Å². The summed E-state index contributed by atoms with van der Waals surface area (Å²) in [5, 5.41) is 27.5. The molecule has 0 aliphatic heterocycles. The van der Waals surface area contributed by atoms with Gasteiger partial charge in [0.05, 0.1) is 27.6 Å². The molecule has 4 N–H and O–H groups in total. The Labute approximate surface area is 195 Å². The van der Waals surface area contributed by atoms with E-state index in [-0.39, 0.29) is 18.6 Å². The fourth-order valence-corrected chi connectivity index (χ4v) is 5.39. The highest BCUT2D eigenvalue weighted by Gasteiger charge is 2.33. The number of nitrogens with zero attached hydrogens (tertiary/aromatic N) is 4. The summed E-state index contributed by atoms with van der Waals surface area (Å²) in [7, 11) is 0. The smallest absolute Gasteiger partial charge is 0.229 e. The first-order valence-electron chi connectivity index (χ1n) is 11.0. The summed E-state index contributed by atoms with van der Waals surface area (Å²) in [5.74, 6) is 1.02. The molecule has 33 heavy (non-hydrogen) atoms. The van der Waals surface area contributed by atoms with Crippen LogP contribution in [0, 0.1) is 19.8 Å². The molecule has 3 aromatic heterocycles. The van der Waals surface area contributed by atoms with Gasteiger partial charge in [-0.15, -0.1) is 11.3 Å². The summed E-state index contributed by atoms with van der Waals surface area (Å²) in [6, 6.07) is 11.8. The number of thiazole rings is 1. The highest BCUT2D eigenvalue weighted by molar-refractivity contribution is 7.21. The molecule has 1 saturated carbocycles. The van der Waals surface area contributed by atoms with Crippen LogP contribution in [0.25, 0.3) is 20.8 Å². The Morgan fingerprint density at radius 3 is 2.70 bits per heavy atom. The van der Waals surface area contributed by atoms with E-state index in [0.717, 1.165) is 37.9 Å². The first-order valence-corrected chi connectivity index (χ1v) is 11.8. The molecule has 1 fully saturated rings. The van der Waals surface area contributed by atoms with Crippen LogP contribution in [0.15, 0.2) is 42.6 Å². The Balaban J connectivity index is 1.55. The molecule has 0 spiro atoms. The molecule has 3 unspecified atom stereocenters. The van der Waals surface area contributed by atoms with Crippen LogP contribution in [0.4, 0.5) is 17.5 Å². The maximum absolute atomic E-state index is 10.3. The van der Waals surface area contributed by atoms with Crippen LogP contribution in [0.3, 0.4) is 0 Å². The molecule has 1 aliphatic rings. The molecule has 5 rings (SSSR count). The van der Waals surface area contributed by atoms with E-state index in [2.05, 4.69) is 21.7 Å². The quantitative estimate of drug-likeness (QED) is 0.339. The summed E-state index contributed by atoms with van der Waals surface area (Å²) >= 11 is 1.60. The van der Waals surface area contributed by atoms with Gasteiger partial charge < -0.3 is 20.8 Å². The topological polar surface area (TPSA) is 116 Å². The largest absolute Gasteiger partial charge is 0.396 e. The average molecular weight is 463 g/mol. The van der Waals surface area contributed by atoms with Gasteiger partial charge in [-0.1, -0.05) is 12.1 Å². The van der Waals surface area contributed by atoms with Gasteiger partial charge >= 0.3 is 0 Å². The van der Waals surface area contributed by atoms with E-state index in [1.165, 1.54) is 0 Å². The van der Waals surface area contributed by atoms with Crippen molar-refractivity contribution in [3.05, 3.63) is 54.0 Å². The summed E-state index contributed by atoms with van der Waals surface area (Å²) < 4.78 is 1.10.